The van der Waals surface area contributed by atoms with Crippen molar-refractivity contribution in [2.24, 2.45) is 0 Å². The third-order valence-electron chi connectivity index (χ3n) is 4.13. The third-order valence-corrected chi connectivity index (χ3v) is 4.13. The van der Waals surface area contributed by atoms with E-state index in [1.54, 1.807) is 48.5 Å². The maximum Gasteiger partial charge on any atom is 0.251 e. The van der Waals surface area contributed by atoms with Crippen molar-refractivity contribution in [3.05, 3.63) is 59.7 Å². The van der Waals surface area contributed by atoms with Gasteiger partial charge in [-0.2, -0.15) is 0 Å². The summed E-state index contributed by atoms with van der Waals surface area (Å²) in [6.45, 7) is 7.56. The molecule has 0 saturated heterocycles. The summed E-state index contributed by atoms with van der Waals surface area (Å²) in [5.41, 5.74) is 1.10. The van der Waals surface area contributed by atoms with Crippen LogP contribution in [0.25, 0.3) is 0 Å². The molecular formula is C23H30N2O4. The first-order valence-corrected chi connectivity index (χ1v) is 10.1. The minimum Gasteiger partial charge on any atom is -0.494 e. The Bertz CT molecular complexity index is 772. The predicted molar refractivity (Wildman–Crippen MR) is 114 cm³/mol. The minimum atomic E-state index is -0.213. The van der Waals surface area contributed by atoms with Crippen LogP contribution in [0.1, 0.15) is 54.3 Å². The van der Waals surface area contributed by atoms with Crippen LogP contribution in [0, 0.1) is 0 Å². The van der Waals surface area contributed by atoms with Crippen molar-refractivity contribution in [1.82, 2.24) is 10.6 Å². The fourth-order valence-electron chi connectivity index (χ4n) is 2.55. The summed E-state index contributed by atoms with van der Waals surface area (Å²) in [6.07, 6.45) is 1.87. The van der Waals surface area contributed by atoms with Crippen LogP contribution in [0.2, 0.25) is 0 Å². The van der Waals surface area contributed by atoms with E-state index in [0.29, 0.717) is 30.9 Å². The Morgan fingerprint density at radius 1 is 0.793 bits per heavy atom. The van der Waals surface area contributed by atoms with Gasteiger partial charge >= 0.3 is 0 Å². The van der Waals surface area contributed by atoms with Crippen LogP contribution in [-0.2, 0) is 0 Å². The smallest absolute Gasteiger partial charge is 0.251 e. The summed E-state index contributed by atoms with van der Waals surface area (Å²) in [5, 5.41) is 5.72. The van der Waals surface area contributed by atoms with Crippen molar-refractivity contribution in [2.45, 2.75) is 39.7 Å². The largest absolute Gasteiger partial charge is 0.494 e. The molecule has 0 aliphatic rings. The molecule has 2 amide bonds. The topological polar surface area (TPSA) is 76.7 Å². The number of hydrogen-bond acceptors (Lipinski definition) is 4. The molecule has 1 atom stereocenters. The van der Waals surface area contributed by atoms with Gasteiger partial charge in [0.1, 0.15) is 11.5 Å². The summed E-state index contributed by atoms with van der Waals surface area (Å²) < 4.78 is 11.0. The maximum atomic E-state index is 12.3. The monoisotopic (exact) mass is 398 g/mol. The van der Waals surface area contributed by atoms with Gasteiger partial charge in [0.25, 0.3) is 11.8 Å². The average Bonchev–Trinajstić information content (AvgIpc) is 2.75. The summed E-state index contributed by atoms with van der Waals surface area (Å²) >= 11 is 0. The minimum absolute atomic E-state index is 0.189. The van der Waals surface area contributed by atoms with Crippen LogP contribution in [0.5, 0.6) is 11.5 Å². The van der Waals surface area contributed by atoms with Gasteiger partial charge in [0, 0.05) is 23.7 Å². The second-order valence-electron chi connectivity index (χ2n) is 6.83. The van der Waals surface area contributed by atoms with Gasteiger partial charge in [0.15, 0.2) is 0 Å². The predicted octanol–water partition coefficient (Wildman–Crippen LogP) is 3.81. The van der Waals surface area contributed by atoms with E-state index in [0.717, 1.165) is 24.3 Å². The number of nitrogens with one attached hydrogen (secondary N) is 2. The zero-order chi connectivity index (χ0) is 21.1. The van der Waals surface area contributed by atoms with Crippen LogP contribution in [0.4, 0.5) is 0 Å². The molecule has 0 spiro atoms. The number of benzene rings is 2. The number of rotatable bonds is 11. The van der Waals surface area contributed by atoms with Gasteiger partial charge in [-0.3, -0.25) is 9.59 Å². The van der Waals surface area contributed by atoms with E-state index in [-0.39, 0.29) is 17.9 Å². The molecule has 2 N–H and O–H groups in total. The molecule has 0 heterocycles. The molecular weight excluding hydrogens is 368 g/mol. The summed E-state index contributed by atoms with van der Waals surface area (Å²) in [5.74, 6) is 1.11. The second kappa shape index (κ2) is 11.7. The molecule has 2 aromatic rings. The van der Waals surface area contributed by atoms with E-state index in [9.17, 15) is 9.59 Å². The molecule has 156 valence electrons. The van der Waals surface area contributed by atoms with E-state index in [1.807, 2.05) is 20.8 Å². The number of amides is 2. The Hall–Kier alpha value is -3.02. The zero-order valence-corrected chi connectivity index (χ0v) is 17.4. The molecule has 6 heteroatoms. The van der Waals surface area contributed by atoms with E-state index >= 15 is 0 Å². The van der Waals surface area contributed by atoms with Gasteiger partial charge in [-0.15, -0.1) is 0 Å². The van der Waals surface area contributed by atoms with E-state index in [4.69, 9.17) is 9.47 Å². The highest BCUT2D eigenvalue weighted by molar-refractivity contribution is 5.95. The quantitative estimate of drug-likeness (QED) is 0.603. The van der Waals surface area contributed by atoms with Gasteiger partial charge in [-0.05, 0) is 68.3 Å². The molecule has 0 fully saturated rings. The number of carbonyl (C=O) groups excluding carboxylic acids is 2. The SMILES string of the molecule is CCCOc1ccc(C(=O)NCC(C)NC(=O)c2ccc(OCCC)cc2)cc1. The lowest BCUT2D eigenvalue weighted by atomic mass is 10.2. The molecule has 2 aromatic carbocycles. The first-order valence-electron chi connectivity index (χ1n) is 10.1. The Kier molecular flexibility index (Phi) is 9.02. The highest BCUT2D eigenvalue weighted by atomic mass is 16.5. The van der Waals surface area contributed by atoms with Crippen molar-refractivity contribution in [3.63, 3.8) is 0 Å². The number of ether oxygens (including phenoxy) is 2. The lowest BCUT2D eigenvalue weighted by Gasteiger charge is -2.15. The second-order valence-corrected chi connectivity index (χ2v) is 6.83. The molecule has 0 bridgehead atoms. The fourth-order valence-corrected chi connectivity index (χ4v) is 2.55. The molecule has 29 heavy (non-hydrogen) atoms. The molecule has 0 saturated carbocycles. The molecule has 0 aliphatic heterocycles. The van der Waals surface area contributed by atoms with Crippen molar-refractivity contribution in [2.75, 3.05) is 19.8 Å². The van der Waals surface area contributed by atoms with Crippen LogP contribution < -0.4 is 20.1 Å². The Balaban J connectivity index is 1.78. The third kappa shape index (κ3) is 7.49. The van der Waals surface area contributed by atoms with E-state index in [1.165, 1.54) is 0 Å². The van der Waals surface area contributed by atoms with Gasteiger partial charge in [0.05, 0.1) is 13.2 Å². The average molecular weight is 399 g/mol. The lowest BCUT2D eigenvalue weighted by Crippen LogP contribution is -2.41. The highest BCUT2D eigenvalue weighted by Crippen LogP contribution is 2.13. The Labute approximate surface area is 172 Å². The Morgan fingerprint density at radius 3 is 1.69 bits per heavy atom. The van der Waals surface area contributed by atoms with Crippen molar-refractivity contribution >= 4 is 11.8 Å². The number of carbonyl (C=O) groups is 2. The summed E-state index contributed by atoms with van der Waals surface area (Å²) in [7, 11) is 0. The van der Waals surface area contributed by atoms with E-state index < -0.39 is 0 Å². The van der Waals surface area contributed by atoms with Crippen LogP contribution in [-0.4, -0.2) is 37.6 Å². The van der Waals surface area contributed by atoms with Gasteiger partial charge in [-0.25, -0.2) is 0 Å². The van der Waals surface area contributed by atoms with Gasteiger partial charge in [-0.1, -0.05) is 13.8 Å². The lowest BCUT2D eigenvalue weighted by molar-refractivity contribution is 0.0912. The molecule has 0 aliphatic carbocycles. The van der Waals surface area contributed by atoms with Crippen molar-refractivity contribution in [3.8, 4) is 11.5 Å². The maximum absolute atomic E-state index is 12.3. The molecule has 0 aromatic heterocycles. The zero-order valence-electron chi connectivity index (χ0n) is 17.4. The molecule has 0 radical (unpaired) electrons. The normalized spacial score (nSPS) is 11.4. The Morgan fingerprint density at radius 2 is 1.24 bits per heavy atom. The first kappa shape index (κ1) is 22.3. The molecule has 1 unspecified atom stereocenters. The van der Waals surface area contributed by atoms with Crippen LogP contribution in [0.15, 0.2) is 48.5 Å². The van der Waals surface area contributed by atoms with Gasteiger partial charge in [0.2, 0.25) is 0 Å². The van der Waals surface area contributed by atoms with Crippen molar-refractivity contribution < 1.29 is 19.1 Å². The summed E-state index contributed by atoms with van der Waals surface area (Å²) in [4.78, 5) is 24.6. The fraction of sp³-hybridized carbons (Fsp3) is 0.391. The van der Waals surface area contributed by atoms with E-state index in [2.05, 4.69) is 10.6 Å². The standard InChI is InChI=1S/C23H30N2O4/c1-4-14-28-20-10-6-18(7-11-20)22(26)24-16-17(3)25-23(27)19-8-12-21(13-9-19)29-15-5-2/h6-13,17H,4-5,14-16H2,1-3H3,(H,24,26)(H,25,27). The highest BCUT2D eigenvalue weighted by Gasteiger charge is 2.12. The molecule has 6 nitrogen and oxygen atoms in total. The first-order chi connectivity index (χ1) is 14.0. The van der Waals surface area contributed by atoms with Crippen molar-refractivity contribution in [1.29, 1.82) is 0 Å². The number of hydrogen-bond donors (Lipinski definition) is 2. The van der Waals surface area contributed by atoms with Crippen LogP contribution >= 0.6 is 0 Å². The molecule has 2 rings (SSSR count). The summed E-state index contributed by atoms with van der Waals surface area (Å²) in [6, 6.07) is 13.8. The van der Waals surface area contributed by atoms with Gasteiger partial charge < -0.3 is 20.1 Å². The van der Waals surface area contributed by atoms with Crippen LogP contribution in [0.3, 0.4) is 0 Å².